The summed E-state index contributed by atoms with van der Waals surface area (Å²) < 4.78 is 0. The van der Waals surface area contributed by atoms with Crippen LogP contribution in [0.3, 0.4) is 0 Å². The van der Waals surface area contributed by atoms with Gasteiger partial charge in [0.25, 0.3) is 0 Å². The van der Waals surface area contributed by atoms with E-state index in [0.29, 0.717) is 0 Å². The van der Waals surface area contributed by atoms with Crippen LogP contribution in [0.1, 0.15) is 18.5 Å². The zero-order valence-corrected chi connectivity index (χ0v) is 7.47. The van der Waals surface area contributed by atoms with Gasteiger partial charge >= 0.3 is 5.97 Å². The number of nitrogens with two attached hydrogens (primary N) is 1. The van der Waals surface area contributed by atoms with Crippen molar-refractivity contribution in [3.05, 3.63) is 35.9 Å². The molecule has 0 fully saturated rings. The number of carboxylic acid groups (broad SMARTS) is 1. The van der Waals surface area contributed by atoms with Crippen LogP contribution >= 0.6 is 0 Å². The Morgan fingerprint density at radius 2 is 1.92 bits per heavy atom. The molecule has 2 atom stereocenters. The Labute approximate surface area is 77.2 Å². The van der Waals surface area contributed by atoms with Crippen LogP contribution in [0.5, 0.6) is 0 Å². The monoisotopic (exact) mass is 179 g/mol. The van der Waals surface area contributed by atoms with E-state index in [1.54, 1.807) is 6.92 Å². The third-order valence-corrected chi connectivity index (χ3v) is 2.11. The molecule has 3 nitrogen and oxygen atoms in total. The normalized spacial score (nSPS) is 14.9. The number of benzene rings is 1. The molecule has 0 bridgehead atoms. The minimum absolute atomic E-state index is 0.432. The maximum atomic E-state index is 10.6. The quantitative estimate of drug-likeness (QED) is 0.737. The molecule has 0 heterocycles. The standard InChI is InChI=1S/C10H13NO2/c1-7(10(12)13)9(11)8-5-3-2-4-6-8/h2-7,9H,11H2,1H3,(H,12,13)/t7?,9-/m0/s1. The van der Waals surface area contributed by atoms with Crippen molar-refractivity contribution in [3.63, 3.8) is 0 Å². The Morgan fingerprint density at radius 1 is 1.38 bits per heavy atom. The van der Waals surface area contributed by atoms with Crippen LogP contribution in [0.4, 0.5) is 0 Å². The van der Waals surface area contributed by atoms with Gasteiger partial charge in [-0.15, -0.1) is 0 Å². The highest BCUT2D eigenvalue weighted by molar-refractivity contribution is 5.70. The number of hydrogen-bond donors (Lipinski definition) is 2. The fraction of sp³-hybridized carbons (Fsp3) is 0.300. The number of carboxylic acids is 1. The van der Waals surface area contributed by atoms with Crippen molar-refractivity contribution in [2.45, 2.75) is 13.0 Å². The number of carbonyl (C=O) groups is 1. The molecular formula is C10H13NO2. The fourth-order valence-corrected chi connectivity index (χ4v) is 1.12. The lowest BCUT2D eigenvalue weighted by atomic mass is 9.96. The first-order valence-corrected chi connectivity index (χ1v) is 4.16. The SMILES string of the molecule is CC(C(=O)O)[C@H](N)c1ccccc1. The van der Waals surface area contributed by atoms with E-state index in [1.165, 1.54) is 0 Å². The largest absolute Gasteiger partial charge is 0.481 e. The van der Waals surface area contributed by atoms with Crippen molar-refractivity contribution in [2.75, 3.05) is 0 Å². The van der Waals surface area contributed by atoms with Gasteiger partial charge in [-0.3, -0.25) is 4.79 Å². The lowest BCUT2D eigenvalue weighted by Gasteiger charge is -2.15. The van der Waals surface area contributed by atoms with Gasteiger partial charge in [-0.2, -0.15) is 0 Å². The Kier molecular flexibility index (Phi) is 3.03. The molecule has 1 rings (SSSR count). The molecule has 1 aromatic rings. The zero-order valence-electron chi connectivity index (χ0n) is 7.47. The number of aliphatic carboxylic acids is 1. The average molecular weight is 179 g/mol. The highest BCUT2D eigenvalue weighted by atomic mass is 16.4. The summed E-state index contributed by atoms with van der Waals surface area (Å²) in [5.74, 6) is -1.42. The van der Waals surface area contributed by atoms with Crippen LogP contribution in [-0.2, 0) is 4.79 Å². The number of hydrogen-bond acceptors (Lipinski definition) is 2. The van der Waals surface area contributed by atoms with E-state index in [4.69, 9.17) is 10.8 Å². The van der Waals surface area contributed by atoms with E-state index < -0.39 is 17.9 Å². The van der Waals surface area contributed by atoms with Crippen LogP contribution in [0.25, 0.3) is 0 Å². The number of rotatable bonds is 3. The van der Waals surface area contributed by atoms with E-state index in [-0.39, 0.29) is 0 Å². The Hall–Kier alpha value is -1.35. The van der Waals surface area contributed by atoms with Gasteiger partial charge in [0.05, 0.1) is 5.92 Å². The molecule has 13 heavy (non-hydrogen) atoms. The molecule has 0 amide bonds. The van der Waals surface area contributed by atoms with Crippen LogP contribution in [0, 0.1) is 5.92 Å². The summed E-state index contributed by atoms with van der Waals surface area (Å²) in [6.45, 7) is 1.61. The summed E-state index contributed by atoms with van der Waals surface area (Å²) >= 11 is 0. The smallest absolute Gasteiger partial charge is 0.308 e. The Balaban J connectivity index is 2.79. The van der Waals surface area contributed by atoms with Crippen molar-refractivity contribution < 1.29 is 9.90 Å². The van der Waals surface area contributed by atoms with E-state index in [1.807, 2.05) is 30.3 Å². The van der Waals surface area contributed by atoms with E-state index >= 15 is 0 Å². The summed E-state index contributed by atoms with van der Waals surface area (Å²) in [5.41, 5.74) is 6.62. The summed E-state index contributed by atoms with van der Waals surface area (Å²) in [5, 5.41) is 8.73. The van der Waals surface area contributed by atoms with Gasteiger partial charge in [0, 0.05) is 6.04 Å². The molecule has 0 spiro atoms. The molecule has 0 radical (unpaired) electrons. The topological polar surface area (TPSA) is 63.3 Å². The maximum Gasteiger partial charge on any atom is 0.308 e. The molecule has 1 aromatic carbocycles. The third-order valence-electron chi connectivity index (χ3n) is 2.11. The van der Waals surface area contributed by atoms with Crippen LogP contribution in [0.2, 0.25) is 0 Å². The van der Waals surface area contributed by atoms with Crippen molar-refractivity contribution in [1.29, 1.82) is 0 Å². The van der Waals surface area contributed by atoms with Gasteiger partial charge in [-0.25, -0.2) is 0 Å². The van der Waals surface area contributed by atoms with Crippen molar-refractivity contribution in [2.24, 2.45) is 11.7 Å². The molecule has 0 aliphatic carbocycles. The van der Waals surface area contributed by atoms with Crippen molar-refractivity contribution in [1.82, 2.24) is 0 Å². The molecule has 1 unspecified atom stereocenters. The molecule has 0 aliphatic rings. The van der Waals surface area contributed by atoms with Gasteiger partial charge in [0.1, 0.15) is 0 Å². The third kappa shape index (κ3) is 2.29. The van der Waals surface area contributed by atoms with E-state index in [9.17, 15) is 4.79 Å². The highest BCUT2D eigenvalue weighted by Crippen LogP contribution is 2.18. The van der Waals surface area contributed by atoms with Gasteiger partial charge < -0.3 is 10.8 Å². The van der Waals surface area contributed by atoms with E-state index in [0.717, 1.165) is 5.56 Å². The lowest BCUT2D eigenvalue weighted by Crippen LogP contribution is -2.25. The predicted octanol–water partition coefficient (Wildman–Crippen LogP) is 1.41. The second-order valence-electron chi connectivity index (χ2n) is 3.06. The van der Waals surface area contributed by atoms with Crippen molar-refractivity contribution >= 4 is 5.97 Å². The van der Waals surface area contributed by atoms with Crippen molar-refractivity contribution in [3.8, 4) is 0 Å². The van der Waals surface area contributed by atoms with Crippen LogP contribution < -0.4 is 5.73 Å². The molecule has 0 saturated heterocycles. The summed E-state index contributed by atoms with van der Waals surface area (Å²) in [6, 6.07) is 8.82. The molecule has 0 aromatic heterocycles. The minimum atomic E-state index is -0.864. The second kappa shape index (κ2) is 4.05. The summed E-state index contributed by atoms with van der Waals surface area (Å²) in [7, 11) is 0. The predicted molar refractivity (Wildman–Crippen MR) is 50.2 cm³/mol. The summed E-state index contributed by atoms with van der Waals surface area (Å²) in [6.07, 6.45) is 0. The first-order chi connectivity index (χ1) is 6.13. The first-order valence-electron chi connectivity index (χ1n) is 4.16. The molecule has 3 N–H and O–H groups in total. The molecule has 0 aliphatic heterocycles. The van der Waals surface area contributed by atoms with Gasteiger partial charge in [-0.05, 0) is 5.56 Å². The van der Waals surface area contributed by atoms with Gasteiger partial charge in [0.15, 0.2) is 0 Å². The average Bonchev–Trinajstić information content (AvgIpc) is 2.17. The van der Waals surface area contributed by atoms with Gasteiger partial charge in [0.2, 0.25) is 0 Å². The highest BCUT2D eigenvalue weighted by Gasteiger charge is 2.20. The first kappa shape index (κ1) is 9.74. The fourth-order valence-electron chi connectivity index (χ4n) is 1.12. The van der Waals surface area contributed by atoms with Gasteiger partial charge in [-0.1, -0.05) is 37.3 Å². The lowest BCUT2D eigenvalue weighted by molar-refractivity contribution is -0.141. The Morgan fingerprint density at radius 3 is 2.38 bits per heavy atom. The molecule has 3 heteroatoms. The maximum absolute atomic E-state index is 10.6. The van der Waals surface area contributed by atoms with E-state index in [2.05, 4.69) is 0 Å². The van der Waals surface area contributed by atoms with Crippen LogP contribution in [-0.4, -0.2) is 11.1 Å². The van der Waals surface area contributed by atoms with Crippen LogP contribution in [0.15, 0.2) is 30.3 Å². The molecular weight excluding hydrogens is 166 g/mol. The zero-order chi connectivity index (χ0) is 9.84. The molecule has 0 saturated carbocycles. The Bertz CT molecular complexity index is 284. The summed E-state index contributed by atoms with van der Waals surface area (Å²) in [4.78, 5) is 10.6. The minimum Gasteiger partial charge on any atom is -0.481 e. The second-order valence-corrected chi connectivity index (χ2v) is 3.06. The molecule has 70 valence electrons.